The van der Waals surface area contributed by atoms with Gasteiger partial charge in [0.1, 0.15) is 0 Å². The molecule has 104 valence electrons. The molecular formula is C19H23N. The van der Waals surface area contributed by atoms with E-state index in [0.29, 0.717) is 0 Å². The average Bonchev–Trinajstić information content (AvgIpc) is 2.50. The molecule has 0 heterocycles. The molecule has 0 saturated carbocycles. The van der Waals surface area contributed by atoms with Crippen LogP contribution in [-0.2, 0) is 13.0 Å². The Morgan fingerprint density at radius 2 is 1.55 bits per heavy atom. The number of benzene rings is 2. The van der Waals surface area contributed by atoms with Crippen LogP contribution in [0.15, 0.2) is 60.7 Å². The van der Waals surface area contributed by atoms with Gasteiger partial charge in [0.05, 0.1) is 0 Å². The summed E-state index contributed by atoms with van der Waals surface area (Å²) in [4.78, 5) is 2.33. The molecule has 0 amide bonds. The molecule has 2 rings (SSSR count). The highest BCUT2D eigenvalue weighted by Gasteiger charge is 2.02. The van der Waals surface area contributed by atoms with E-state index < -0.39 is 0 Å². The monoisotopic (exact) mass is 265 g/mol. The summed E-state index contributed by atoms with van der Waals surface area (Å²) in [5.41, 5.74) is 4.10. The van der Waals surface area contributed by atoms with Gasteiger partial charge in [0, 0.05) is 6.54 Å². The number of rotatable bonds is 6. The van der Waals surface area contributed by atoms with Gasteiger partial charge in [0.25, 0.3) is 0 Å². The van der Waals surface area contributed by atoms with Gasteiger partial charge in [-0.1, -0.05) is 73.7 Å². The lowest BCUT2D eigenvalue weighted by Gasteiger charge is -2.16. The number of allylic oxidation sites excluding steroid dienone is 1. The zero-order valence-corrected chi connectivity index (χ0v) is 12.4. The van der Waals surface area contributed by atoms with Crippen molar-refractivity contribution in [1.29, 1.82) is 0 Å². The highest BCUT2D eigenvalue weighted by Crippen LogP contribution is 2.13. The van der Waals surface area contributed by atoms with E-state index >= 15 is 0 Å². The van der Waals surface area contributed by atoms with Crippen molar-refractivity contribution in [2.45, 2.75) is 19.9 Å². The van der Waals surface area contributed by atoms with Gasteiger partial charge in [-0.05, 0) is 36.7 Å². The minimum absolute atomic E-state index is 0.989. The second-order valence-electron chi connectivity index (χ2n) is 5.12. The van der Waals surface area contributed by atoms with E-state index in [0.717, 1.165) is 19.5 Å². The minimum Gasteiger partial charge on any atom is -0.302 e. The van der Waals surface area contributed by atoms with Crippen LogP contribution in [0.25, 0.3) is 6.08 Å². The molecule has 0 fully saturated rings. The van der Waals surface area contributed by atoms with Gasteiger partial charge in [-0.2, -0.15) is 0 Å². The van der Waals surface area contributed by atoms with E-state index in [9.17, 15) is 0 Å². The van der Waals surface area contributed by atoms with Crippen LogP contribution < -0.4 is 0 Å². The maximum atomic E-state index is 2.33. The zero-order valence-electron chi connectivity index (χ0n) is 12.4. The third kappa shape index (κ3) is 4.36. The molecule has 0 N–H and O–H groups in total. The Morgan fingerprint density at radius 1 is 0.900 bits per heavy atom. The quantitative estimate of drug-likeness (QED) is 0.748. The predicted octanol–water partition coefficient (Wildman–Crippen LogP) is 4.39. The third-order valence-electron chi connectivity index (χ3n) is 3.55. The largest absolute Gasteiger partial charge is 0.302 e. The second-order valence-corrected chi connectivity index (χ2v) is 5.12. The van der Waals surface area contributed by atoms with Crippen molar-refractivity contribution >= 4 is 6.08 Å². The molecule has 0 radical (unpaired) electrons. The maximum Gasteiger partial charge on any atom is 0.0233 e. The van der Waals surface area contributed by atoms with Crippen molar-refractivity contribution in [1.82, 2.24) is 4.90 Å². The van der Waals surface area contributed by atoms with Crippen molar-refractivity contribution < 1.29 is 0 Å². The van der Waals surface area contributed by atoms with Crippen molar-refractivity contribution in [2.75, 3.05) is 13.6 Å². The number of nitrogens with zero attached hydrogens (tertiary/aromatic N) is 1. The molecular weight excluding hydrogens is 242 g/mol. The van der Waals surface area contributed by atoms with E-state index in [1.807, 2.05) is 6.07 Å². The lowest BCUT2D eigenvalue weighted by atomic mass is 10.0. The van der Waals surface area contributed by atoms with Gasteiger partial charge in [-0.3, -0.25) is 0 Å². The van der Waals surface area contributed by atoms with Gasteiger partial charge in [-0.15, -0.1) is 0 Å². The Bertz CT molecular complexity index is 543. The van der Waals surface area contributed by atoms with E-state index in [2.05, 4.69) is 79.6 Å². The van der Waals surface area contributed by atoms with E-state index in [1.54, 1.807) is 0 Å². The Balaban J connectivity index is 2.04. The molecule has 2 aromatic rings. The fourth-order valence-electron chi connectivity index (χ4n) is 2.20. The van der Waals surface area contributed by atoms with E-state index in [1.165, 1.54) is 16.7 Å². The van der Waals surface area contributed by atoms with Crippen LogP contribution in [0, 0.1) is 0 Å². The summed E-state index contributed by atoms with van der Waals surface area (Å²) in [6.45, 7) is 4.29. The van der Waals surface area contributed by atoms with Crippen molar-refractivity contribution in [3.8, 4) is 0 Å². The average molecular weight is 265 g/mol. The van der Waals surface area contributed by atoms with Crippen LogP contribution in [0.5, 0.6) is 0 Å². The fourth-order valence-corrected chi connectivity index (χ4v) is 2.20. The molecule has 0 aliphatic carbocycles. The standard InChI is InChI=1S/C19H23N/c1-3-20(2)16-19-14-8-7-13-18(19)15-9-12-17-10-5-4-6-11-17/h4-14H,3,15-16H2,1-2H3/b12-9+. The predicted molar refractivity (Wildman–Crippen MR) is 87.6 cm³/mol. The summed E-state index contributed by atoms with van der Waals surface area (Å²) >= 11 is 0. The second kappa shape index (κ2) is 7.66. The molecule has 0 bridgehead atoms. The lowest BCUT2D eigenvalue weighted by molar-refractivity contribution is 0.345. The highest BCUT2D eigenvalue weighted by molar-refractivity contribution is 5.49. The van der Waals surface area contributed by atoms with Crippen molar-refractivity contribution in [2.24, 2.45) is 0 Å². The molecule has 0 spiro atoms. The molecule has 0 aliphatic rings. The first-order valence-electron chi connectivity index (χ1n) is 7.26. The van der Waals surface area contributed by atoms with E-state index in [4.69, 9.17) is 0 Å². The first-order valence-corrected chi connectivity index (χ1v) is 7.26. The maximum absolute atomic E-state index is 2.33. The summed E-state index contributed by atoms with van der Waals surface area (Å²) in [6.07, 6.45) is 5.43. The molecule has 0 atom stereocenters. The lowest BCUT2D eigenvalue weighted by Crippen LogP contribution is -2.17. The van der Waals surface area contributed by atoms with Gasteiger partial charge in [-0.25, -0.2) is 0 Å². The first kappa shape index (κ1) is 14.5. The van der Waals surface area contributed by atoms with Crippen LogP contribution >= 0.6 is 0 Å². The summed E-state index contributed by atoms with van der Waals surface area (Å²) in [5, 5.41) is 0. The van der Waals surface area contributed by atoms with Gasteiger partial charge < -0.3 is 4.90 Å². The molecule has 0 saturated heterocycles. The Hall–Kier alpha value is -1.86. The fraction of sp³-hybridized carbons (Fsp3) is 0.263. The third-order valence-corrected chi connectivity index (χ3v) is 3.55. The first-order chi connectivity index (χ1) is 9.79. The molecule has 2 aromatic carbocycles. The van der Waals surface area contributed by atoms with Crippen LogP contribution in [0.3, 0.4) is 0 Å². The molecule has 20 heavy (non-hydrogen) atoms. The Kier molecular flexibility index (Phi) is 5.57. The minimum atomic E-state index is 0.989. The van der Waals surface area contributed by atoms with Gasteiger partial charge in [0.2, 0.25) is 0 Å². The molecule has 0 aromatic heterocycles. The summed E-state index contributed by atoms with van der Waals surface area (Å²) in [5.74, 6) is 0. The van der Waals surface area contributed by atoms with Crippen molar-refractivity contribution in [3.63, 3.8) is 0 Å². The summed E-state index contributed by atoms with van der Waals surface area (Å²) < 4.78 is 0. The van der Waals surface area contributed by atoms with Crippen LogP contribution in [-0.4, -0.2) is 18.5 Å². The topological polar surface area (TPSA) is 3.24 Å². The van der Waals surface area contributed by atoms with Crippen LogP contribution in [0.2, 0.25) is 0 Å². The summed E-state index contributed by atoms with van der Waals surface area (Å²) in [7, 11) is 2.16. The molecule has 0 aliphatic heterocycles. The molecule has 1 nitrogen and oxygen atoms in total. The summed E-state index contributed by atoms with van der Waals surface area (Å²) in [6, 6.07) is 19.2. The van der Waals surface area contributed by atoms with Gasteiger partial charge in [0.15, 0.2) is 0 Å². The highest BCUT2D eigenvalue weighted by atomic mass is 15.1. The molecule has 0 unspecified atom stereocenters. The van der Waals surface area contributed by atoms with E-state index in [-0.39, 0.29) is 0 Å². The Morgan fingerprint density at radius 3 is 2.25 bits per heavy atom. The Labute approximate surface area is 122 Å². The van der Waals surface area contributed by atoms with Gasteiger partial charge >= 0.3 is 0 Å². The number of hydrogen-bond acceptors (Lipinski definition) is 1. The van der Waals surface area contributed by atoms with Crippen LogP contribution in [0.4, 0.5) is 0 Å². The van der Waals surface area contributed by atoms with Crippen molar-refractivity contribution in [3.05, 3.63) is 77.4 Å². The zero-order chi connectivity index (χ0) is 14.2. The molecule has 1 heteroatoms. The smallest absolute Gasteiger partial charge is 0.0233 e. The SMILES string of the molecule is CCN(C)Cc1ccccc1C/C=C/c1ccccc1. The number of hydrogen-bond donors (Lipinski definition) is 0. The van der Waals surface area contributed by atoms with Crippen LogP contribution in [0.1, 0.15) is 23.6 Å². The normalized spacial score (nSPS) is 11.3.